The average Bonchev–Trinajstić information content (AvgIpc) is 3.63. The molecule has 6 rings (SSSR count). The van der Waals surface area contributed by atoms with Crippen LogP contribution in [0.25, 0.3) is 0 Å². The van der Waals surface area contributed by atoms with Gasteiger partial charge in [-0.05, 0) is 55.7 Å². The van der Waals surface area contributed by atoms with Gasteiger partial charge in [0.25, 0.3) is 5.91 Å². The molecule has 1 saturated heterocycles. The average molecular weight is 495 g/mol. The molecule has 2 aromatic carbocycles. The van der Waals surface area contributed by atoms with Crippen molar-refractivity contribution in [1.29, 1.82) is 0 Å². The normalized spacial score (nSPS) is 26.1. The van der Waals surface area contributed by atoms with E-state index in [-0.39, 0.29) is 55.8 Å². The van der Waals surface area contributed by atoms with E-state index in [1.807, 2.05) is 12.1 Å². The maximum Gasteiger partial charge on any atom is 0.255 e. The molecule has 1 saturated carbocycles. The predicted molar refractivity (Wildman–Crippen MR) is 129 cm³/mol. The molecular weight excluding hydrogens is 464 g/mol. The van der Waals surface area contributed by atoms with Crippen molar-refractivity contribution < 1.29 is 33.6 Å². The zero-order chi connectivity index (χ0) is 24.6. The van der Waals surface area contributed by atoms with Crippen LogP contribution >= 0.6 is 0 Å². The van der Waals surface area contributed by atoms with E-state index < -0.39 is 6.10 Å². The zero-order valence-corrected chi connectivity index (χ0v) is 19.9. The molecule has 0 spiro atoms. The lowest BCUT2D eigenvalue weighted by atomic mass is 9.84. The molecule has 0 radical (unpaired) electrons. The zero-order valence-electron chi connectivity index (χ0n) is 19.9. The first-order valence-electron chi connectivity index (χ1n) is 12.6. The fourth-order valence-electron chi connectivity index (χ4n) is 5.77. The summed E-state index contributed by atoms with van der Waals surface area (Å²) in [6, 6.07) is 10.9. The number of aliphatic hydroxyl groups excluding tert-OH is 1. The lowest BCUT2D eigenvalue weighted by Gasteiger charge is -2.37. The summed E-state index contributed by atoms with van der Waals surface area (Å²) in [6.45, 7) is -0.0425. The molecule has 2 fully saturated rings. The summed E-state index contributed by atoms with van der Waals surface area (Å²) < 4.78 is 22.9. The van der Waals surface area contributed by atoms with Crippen molar-refractivity contribution in [2.24, 2.45) is 0 Å². The van der Waals surface area contributed by atoms with Gasteiger partial charge in [0.1, 0.15) is 18.0 Å². The number of carbonyl (C=O) groups excluding carboxylic acids is 2. The van der Waals surface area contributed by atoms with E-state index in [4.69, 9.17) is 18.9 Å². The van der Waals surface area contributed by atoms with E-state index in [1.54, 1.807) is 24.3 Å². The largest absolute Gasteiger partial charge is 0.487 e. The fraction of sp³-hybridized carbons (Fsp3) is 0.481. The standard InChI is InChI=1S/C27H30N2O7/c30-13-24-26-20(11-18(35-24)12-25(31)28-16-3-1-2-4-16)19-10-17(6-8-21(19)36-26)29-27(32)15-5-7-22-23(9-15)34-14-33-22/h5-10,16,18,20,24,26,30H,1-4,11-14H2,(H,28,31)(H,29,32)/t18-,20-,24+,26+/m0/s1. The van der Waals surface area contributed by atoms with E-state index in [0.29, 0.717) is 34.9 Å². The fourth-order valence-corrected chi connectivity index (χ4v) is 5.77. The van der Waals surface area contributed by atoms with E-state index in [1.165, 1.54) is 0 Å². The third-order valence-corrected chi connectivity index (χ3v) is 7.53. The molecule has 4 atom stereocenters. The number of hydrogen-bond donors (Lipinski definition) is 3. The van der Waals surface area contributed by atoms with Crippen LogP contribution < -0.4 is 24.8 Å². The number of carbonyl (C=O) groups is 2. The number of aliphatic hydroxyl groups is 1. The minimum absolute atomic E-state index is 0.00841. The number of anilines is 1. The molecule has 0 bridgehead atoms. The van der Waals surface area contributed by atoms with Gasteiger partial charge in [-0.2, -0.15) is 0 Å². The SMILES string of the molecule is O=C(C[C@@H]1C[C@H]2c3cc(NC(=O)c4ccc5c(c4)OCO5)ccc3O[C@H]2[C@@H](CO)O1)NC1CCCC1. The number of hydrogen-bond acceptors (Lipinski definition) is 7. The van der Waals surface area contributed by atoms with Crippen LogP contribution in [0.4, 0.5) is 5.69 Å². The van der Waals surface area contributed by atoms with Crippen LogP contribution in [0, 0.1) is 0 Å². The van der Waals surface area contributed by atoms with Gasteiger partial charge in [0, 0.05) is 28.8 Å². The summed E-state index contributed by atoms with van der Waals surface area (Å²) in [5, 5.41) is 16.1. The molecule has 3 heterocycles. The van der Waals surface area contributed by atoms with Crippen molar-refractivity contribution >= 4 is 17.5 Å². The van der Waals surface area contributed by atoms with Gasteiger partial charge < -0.3 is 34.7 Å². The summed E-state index contributed by atoms with van der Waals surface area (Å²) in [7, 11) is 0. The third kappa shape index (κ3) is 4.49. The minimum Gasteiger partial charge on any atom is -0.487 e. The second-order valence-electron chi connectivity index (χ2n) is 9.93. The smallest absolute Gasteiger partial charge is 0.255 e. The lowest BCUT2D eigenvalue weighted by Crippen LogP contribution is -2.47. The predicted octanol–water partition coefficient (Wildman–Crippen LogP) is 3.11. The van der Waals surface area contributed by atoms with Crippen molar-refractivity contribution in [3.05, 3.63) is 47.5 Å². The van der Waals surface area contributed by atoms with Gasteiger partial charge in [0.2, 0.25) is 12.7 Å². The first-order chi connectivity index (χ1) is 17.6. The maximum absolute atomic E-state index is 12.9. The molecule has 0 unspecified atom stereocenters. The molecule has 9 nitrogen and oxygen atoms in total. The van der Waals surface area contributed by atoms with Gasteiger partial charge in [-0.3, -0.25) is 9.59 Å². The monoisotopic (exact) mass is 494 g/mol. The molecule has 9 heteroatoms. The molecule has 1 aliphatic carbocycles. The summed E-state index contributed by atoms with van der Waals surface area (Å²) in [6.07, 6.45) is 4.06. The number of amides is 2. The Hall–Kier alpha value is -3.30. The summed E-state index contributed by atoms with van der Waals surface area (Å²) in [4.78, 5) is 25.5. The lowest BCUT2D eigenvalue weighted by molar-refractivity contribution is -0.142. The van der Waals surface area contributed by atoms with Gasteiger partial charge in [-0.25, -0.2) is 0 Å². The van der Waals surface area contributed by atoms with Crippen LogP contribution in [0.1, 0.15) is 60.4 Å². The molecule has 36 heavy (non-hydrogen) atoms. The van der Waals surface area contributed by atoms with Gasteiger partial charge >= 0.3 is 0 Å². The highest BCUT2D eigenvalue weighted by Gasteiger charge is 2.46. The van der Waals surface area contributed by atoms with Crippen molar-refractivity contribution in [3.63, 3.8) is 0 Å². The van der Waals surface area contributed by atoms with Crippen LogP contribution in [0.3, 0.4) is 0 Å². The third-order valence-electron chi connectivity index (χ3n) is 7.53. The Morgan fingerprint density at radius 1 is 1.00 bits per heavy atom. The molecule has 0 aromatic heterocycles. The molecule has 2 amide bonds. The van der Waals surface area contributed by atoms with Crippen molar-refractivity contribution in [1.82, 2.24) is 5.32 Å². The highest BCUT2D eigenvalue weighted by Crippen LogP contribution is 2.47. The second kappa shape index (κ2) is 9.63. The Labute approximate surface area is 209 Å². The number of fused-ring (bicyclic) bond motifs is 4. The molecule has 3 aliphatic heterocycles. The van der Waals surface area contributed by atoms with E-state index >= 15 is 0 Å². The highest BCUT2D eigenvalue weighted by molar-refractivity contribution is 6.04. The van der Waals surface area contributed by atoms with Crippen molar-refractivity contribution in [2.75, 3.05) is 18.7 Å². The number of ether oxygens (including phenoxy) is 4. The van der Waals surface area contributed by atoms with Gasteiger partial charge in [0.05, 0.1) is 19.1 Å². The summed E-state index contributed by atoms with van der Waals surface area (Å²) in [5.41, 5.74) is 2.06. The topological polar surface area (TPSA) is 115 Å². The second-order valence-corrected chi connectivity index (χ2v) is 9.93. The summed E-state index contributed by atoms with van der Waals surface area (Å²) >= 11 is 0. The van der Waals surface area contributed by atoms with Gasteiger partial charge in [-0.1, -0.05) is 12.8 Å². The Bertz CT molecular complexity index is 1160. The number of benzene rings is 2. The molecule has 2 aromatic rings. The number of rotatable bonds is 6. The maximum atomic E-state index is 12.9. The Balaban J connectivity index is 1.16. The van der Waals surface area contributed by atoms with E-state index in [9.17, 15) is 14.7 Å². The first-order valence-corrected chi connectivity index (χ1v) is 12.6. The van der Waals surface area contributed by atoms with Gasteiger partial charge in [-0.15, -0.1) is 0 Å². The van der Waals surface area contributed by atoms with Crippen LogP contribution in [0.5, 0.6) is 17.2 Å². The van der Waals surface area contributed by atoms with Crippen LogP contribution in [-0.4, -0.2) is 54.7 Å². The van der Waals surface area contributed by atoms with Crippen LogP contribution in [0.15, 0.2) is 36.4 Å². The Morgan fingerprint density at radius 2 is 1.81 bits per heavy atom. The first kappa shape index (κ1) is 23.1. The quantitative estimate of drug-likeness (QED) is 0.565. The molecule has 4 aliphatic rings. The van der Waals surface area contributed by atoms with Crippen molar-refractivity contribution in [2.45, 2.75) is 68.8 Å². The molecule has 190 valence electrons. The Kier molecular flexibility index (Phi) is 6.18. The molecule has 3 N–H and O–H groups in total. The Morgan fingerprint density at radius 3 is 2.64 bits per heavy atom. The van der Waals surface area contributed by atoms with E-state index in [2.05, 4.69) is 10.6 Å². The highest BCUT2D eigenvalue weighted by atomic mass is 16.7. The van der Waals surface area contributed by atoms with E-state index in [0.717, 1.165) is 31.2 Å². The molecular formula is C27H30N2O7. The number of nitrogens with one attached hydrogen (secondary N) is 2. The minimum atomic E-state index is -0.521. The summed E-state index contributed by atoms with van der Waals surface area (Å²) in [5.74, 6) is 1.57. The van der Waals surface area contributed by atoms with Gasteiger partial charge in [0.15, 0.2) is 11.5 Å². The van der Waals surface area contributed by atoms with Crippen LogP contribution in [-0.2, 0) is 9.53 Å². The van der Waals surface area contributed by atoms with Crippen molar-refractivity contribution in [3.8, 4) is 17.2 Å². The van der Waals surface area contributed by atoms with Crippen LogP contribution in [0.2, 0.25) is 0 Å².